The molecule has 0 fully saturated rings. The third-order valence-corrected chi connectivity index (χ3v) is 4.24. The Kier molecular flexibility index (Phi) is 6.92. The van der Waals surface area contributed by atoms with E-state index >= 15 is 0 Å². The van der Waals surface area contributed by atoms with Crippen molar-refractivity contribution in [2.75, 3.05) is 19.5 Å². The molecule has 8 nitrogen and oxygen atoms in total. The summed E-state index contributed by atoms with van der Waals surface area (Å²) in [7, 11) is 1.48. The van der Waals surface area contributed by atoms with Crippen molar-refractivity contribution in [3.8, 4) is 5.75 Å². The summed E-state index contributed by atoms with van der Waals surface area (Å²) < 4.78 is 10.2. The van der Waals surface area contributed by atoms with Crippen molar-refractivity contribution >= 4 is 29.1 Å². The largest absolute Gasteiger partial charge is 0.497 e. The molecule has 0 spiro atoms. The fourth-order valence-electron chi connectivity index (χ4n) is 2.76. The minimum Gasteiger partial charge on any atom is -0.497 e. The molecule has 0 radical (unpaired) electrons. The lowest BCUT2D eigenvalue weighted by Crippen LogP contribution is -2.39. The van der Waals surface area contributed by atoms with Gasteiger partial charge in [-0.3, -0.25) is 9.59 Å². The van der Waals surface area contributed by atoms with Crippen LogP contribution in [0.15, 0.2) is 23.3 Å². The number of anilines is 1. The third kappa shape index (κ3) is 4.64. The van der Waals surface area contributed by atoms with Crippen molar-refractivity contribution in [2.24, 2.45) is 5.10 Å². The van der Waals surface area contributed by atoms with Gasteiger partial charge in [0.15, 0.2) is 6.04 Å². The van der Waals surface area contributed by atoms with Crippen molar-refractivity contribution in [3.63, 3.8) is 0 Å². The Labute approximate surface area is 158 Å². The standard InChI is InChI=1S/C19H25N3O5/c1-4-6-7-17(23)22-16(19(25)27-5-2)11-15(21-22)18(24)13-10-12(26-3)8-9-14(13)20/h8-10,16H,4-7,11,20H2,1-3H3. The van der Waals surface area contributed by atoms with Gasteiger partial charge in [0.05, 0.1) is 19.3 Å². The molecule has 27 heavy (non-hydrogen) atoms. The van der Waals surface area contributed by atoms with Gasteiger partial charge in [0.2, 0.25) is 11.7 Å². The summed E-state index contributed by atoms with van der Waals surface area (Å²) in [6, 6.07) is 3.79. The number of hydrogen-bond acceptors (Lipinski definition) is 7. The molecule has 2 rings (SSSR count). The van der Waals surface area contributed by atoms with Crippen LogP contribution >= 0.6 is 0 Å². The van der Waals surface area contributed by atoms with Crippen LogP contribution < -0.4 is 10.5 Å². The first-order valence-corrected chi connectivity index (χ1v) is 8.97. The normalized spacial score (nSPS) is 16.0. The van der Waals surface area contributed by atoms with Crippen molar-refractivity contribution in [1.29, 1.82) is 0 Å². The molecule has 1 atom stereocenters. The summed E-state index contributed by atoms with van der Waals surface area (Å²) >= 11 is 0. The van der Waals surface area contributed by atoms with Gasteiger partial charge in [-0.25, -0.2) is 9.80 Å². The molecule has 146 valence electrons. The molecule has 1 aliphatic heterocycles. The fraction of sp³-hybridized carbons (Fsp3) is 0.474. The number of carbonyl (C=O) groups is 3. The number of rotatable bonds is 8. The van der Waals surface area contributed by atoms with Gasteiger partial charge in [0, 0.05) is 18.5 Å². The number of ketones is 1. The van der Waals surface area contributed by atoms with E-state index in [0.29, 0.717) is 12.2 Å². The zero-order chi connectivity index (χ0) is 20.0. The number of nitrogen functional groups attached to an aromatic ring is 1. The van der Waals surface area contributed by atoms with Crippen LogP contribution in [0.4, 0.5) is 5.69 Å². The summed E-state index contributed by atoms with van der Waals surface area (Å²) in [6.07, 6.45) is 1.75. The minimum absolute atomic E-state index is 0.00776. The van der Waals surface area contributed by atoms with Crippen LogP contribution in [0.2, 0.25) is 0 Å². The molecule has 1 heterocycles. The molecule has 2 N–H and O–H groups in total. The van der Waals surface area contributed by atoms with Crippen LogP contribution in [0.25, 0.3) is 0 Å². The highest BCUT2D eigenvalue weighted by Crippen LogP contribution is 2.25. The molecule has 1 aromatic rings. The maximum absolute atomic E-state index is 12.9. The number of nitrogens with zero attached hydrogens (tertiary/aromatic N) is 2. The highest BCUT2D eigenvalue weighted by molar-refractivity contribution is 6.47. The van der Waals surface area contributed by atoms with E-state index in [9.17, 15) is 14.4 Å². The number of Topliss-reactive ketones (excluding diaryl/α,β-unsaturated/α-hetero) is 1. The Bertz CT molecular complexity index is 760. The van der Waals surface area contributed by atoms with Crippen molar-refractivity contribution in [2.45, 2.75) is 45.6 Å². The molecular formula is C19H25N3O5. The van der Waals surface area contributed by atoms with Gasteiger partial charge in [0.25, 0.3) is 0 Å². The number of unbranched alkanes of at least 4 members (excludes halogenated alkanes) is 1. The molecule has 0 aromatic heterocycles. The summed E-state index contributed by atoms with van der Waals surface area (Å²) in [4.78, 5) is 37.6. The maximum atomic E-state index is 12.9. The number of amides is 1. The molecule has 0 saturated carbocycles. The lowest BCUT2D eigenvalue weighted by molar-refractivity contribution is -0.153. The van der Waals surface area contributed by atoms with Crippen LogP contribution in [0.5, 0.6) is 5.75 Å². The predicted molar refractivity (Wildman–Crippen MR) is 101 cm³/mol. The maximum Gasteiger partial charge on any atom is 0.331 e. The molecule has 0 saturated heterocycles. The second-order valence-corrected chi connectivity index (χ2v) is 6.14. The summed E-state index contributed by atoms with van der Waals surface area (Å²) in [5.41, 5.74) is 6.50. The highest BCUT2D eigenvalue weighted by atomic mass is 16.5. The number of esters is 1. The molecule has 1 aliphatic rings. The van der Waals surface area contributed by atoms with E-state index in [4.69, 9.17) is 15.2 Å². The van der Waals surface area contributed by atoms with E-state index in [-0.39, 0.29) is 42.3 Å². The van der Waals surface area contributed by atoms with Crippen LogP contribution in [0.1, 0.15) is 49.9 Å². The molecular weight excluding hydrogens is 350 g/mol. The summed E-state index contributed by atoms with van der Waals surface area (Å²) in [6.45, 7) is 3.82. The molecule has 1 amide bonds. The molecule has 1 unspecified atom stereocenters. The van der Waals surface area contributed by atoms with Gasteiger partial charge in [-0.05, 0) is 31.5 Å². The van der Waals surface area contributed by atoms with Crippen molar-refractivity contribution in [1.82, 2.24) is 5.01 Å². The third-order valence-electron chi connectivity index (χ3n) is 4.24. The Morgan fingerprint density at radius 2 is 2.04 bits per heavy atom. The summed E-state index contributed by atoms with van der Waals surface area (Å²) in [5.74, 6) is -0.848. The fourth-order valence-corrected chi connectivity index (χ4v) is 2.76. The first kappa shape index (κ1) is 20.4. The van der Waals surface area contributed by atoms with E-state index in [0.717, 1.165) is 11.4 Å². The van der Waals surface area contributed by atoms with Gasteiger partial charge in [0.1, 0.15) is 11.5 Å². The van der Waals surface area contributed by atoms with Crippen LogP contribution in [0, 0.1) is 0 Å². The van der Waals surface area contributed by atoms with Crippen molar-refractivity contribution < 1.29 is 23.9 Å². The number of hydrogen-bond donors (Lipinski definition) is 1. The van der Waals surface area contributed by atoms with E-state index in [1.54, 1.807) is 19.1 Å². The smallest absolute Gasteiger partial charge is 0.331 e. The predicted octanol–water partition coefficient (Wildman–Crippen LogP) is 2.17. The number of benzene rings is 1. The summed E-state index contributed by atoms with van der Waals surface area (Å²) in [5, 5.41) is 5.23. The van der Waals surface area contributed by atoms with E-state index in [2.05, 4.69) is 5.10 Å². The zero-order valence-electron chi connectivity index (χ0n) is 15.9. The van der Waals surface area contributed by atoms with Gasteiger partial charge < -0.3 is 15.2 Å². The van der Waals surface area contributed by atoms with Gasteiger partial charge >= 0.3 is 5.97 Å². The van der Waals surface area contributed by atoms with Crippen LogP contribution in [-0.4, -0.2) is 48.1 Å². The zero-order valence-corrected chi connectivity index (χ0v) is 15.9. The first-order chi connectivity index (χ1) is 12.9. The second kappa shape index (κ2) is 9.16. The average Bonchev–Trinajstić information content (AvgIpc) is 3.12. The SMILES string of the molecule is CCCCC(=O)N1N=C(C(=O)c2cc(OC)ccc2N)CC1C(=O)OCC. The van der Waals surface area contributed by atoms with Crippen molar-refractivity contribution in [3.05, 3.63) is 23.8 Å². The Hall–Kier alpha value is -2.90. The van der Waals surface area contributed by atoms with Gasteiger partial charge in [-0.2, -0.15) is 5.10 Å². The van der Waals surface area contributed by atoms with E-state index in [1.165, 1.54) is 13.2 Å². The van der Waals surface area contributed by atoms with Crippen LogP contribution in [0.3, 0.4) is 0 Å². The number of nitrogens with two attached hydrogens (primary N) is 1. The molecule has 0 bridgehead atoms. The monoisotopic (exact) mass is 375 g/mol. The lowest BCUT2D eigenvalue weighted by Gasteiger charge is -2.19. The number of hydrazone groups is 1. The number of methoxy groups -OCH3 is 1. The molecule has 8 heteroatoms. The quantitative estimate of drug-likeness (QED) is 0.423. The molecule has 0 aliphatic carbocycles. The number of ether oxygens (including phenoxy) is 2. The number of carbonyl (C=O) groups excluding carboxylic acids is 3. The van der Waals surface area contributed by atoms with Gasteiger partial charge in [-0.1, -0.05) is 13.3 Å². The van der Waals surface area contributed by atoms with Crippen LogP contribution in [-0.2, 0) is 14.3 Å². The second-order valence-electron chi connectivity index (χ2n) is 6.14. The Balaban J connectivity index is 2.31. The van der Waals surface area contributed by atoms with Gasteiger partial charge in [-0.15, -0.1) is 0 Å². The Morgan fingerprint density at radius 3 is 2.67 bits per heavy atom. The highest BCUT2D eigenvalue weighted by Gasteiger charge is 2.39. The van der Waals surface area contributed by atoms with E-state index in [1.807, 2.05) is 6.92 Å². The average molecular weight is 375 g/mol. The topological polar surface area (TPSA) is 111 Å². The Morgan fingerprint density at radius 1 is 1.30 bits per heavy atom. The first-order valence-electron chi connectivity index (χ1n) is 8.97. The minimum atomic E-state index is -0.930. The lowest BCUT2D eigenvalue weighted by atomic mass is 10.0. The molecule has 1 aromatic carbocycles. The van der Waals surface area contributed by atoms with E-state index < -0.39 is 17.8 Å².